The lowest BCUT2D eigenvalue weighted by atomic mass is 10.1. The number of methoxy groups -OCH3 is 1. The van der Waals surface area contributed by atoms with Crippen LogP contribution >= 0.6 is 11.6 Å². The van der Waals surface area contributed by atoms with Crippen LogP contribution in [0.2, 0.25) is 5.02 Å². The Balaban J connectivity index is 2.20. The second-order valence-corrected chi connectivity index (χ2v) is 5.90. The predicted octanol–water partition coefficient (Wildman–Crippen LogP) is 3.29. The van der Waals surface area contributed by atoms with Crippen LogP contribution in [0.15, 0.2) is 22.7 Å². The minimum atomic E-state index is -0.00735. The molecule has 0 aliphatic carbocycles. The Hall–Kier alpha value is -1.59. The molecule has 0 spiro atoms. The molecule has 0 aliphatic rings. The number of halogens is 1. The topological polar surface area (TPSA) is 60.2 Å². The first-order chi connectivity index (χ1) is 9.39. The highest BCUT2D eigenvalue weighted by atomic mass is 35.5. The van der Waals surface area contributed by atoms with E-state index in [0.717, 1.165) is 5.56 Å². The first kappa shape index (κ1) is 14.8. The lowest BCUT2D eigenvalue weighted by Gasteiger charge is -2.18. The SMILES string of the molecule is COc1cc(Cl)ccc1-c1noc(CNC(C)(C)C)n1. The number of nitrogens with zero attached hydrogens (tertiary/aromatic N) is 2. The number of aromatic nitrogens is 2. The van der Waals surface area contributed by atoms with Gasteiger partial charge in [-0.05, 0) is 39.0 Å². The van der Waals surface area contributed by atoms with E-state index in [0.29, 0.717) is 29.0 Å². The molecule has 5 nitrogen and oxygen atoms in total. The fraction of sp³-hybridized carbons (Fsp3) is 0.429. The monoisotopic (exact) mass is 295 g/mol. The Morgan fingerprint density at radius 1 is 1.35 bits per heavy atom. The number of ether oxygens (including phenoxy) is 1. The highest BCUT2D eigenvalue weighted by Gasteiger charge is 2.15. The summed E-state index contributed by atoms with van der Waals surface area (Å²) in [6.45, 7) is 6.75. The van der Waals surface area contributed by atoms with Crippen LogP contribution in [0.4, 0.5) is 0 Å². The molecule has 0 radical (unpaired) electrons. The fourth-order valence-corrected chi connectivity index (χ4v) is 1.79. The molecule has 2 aromatic rings. The zero-order chi connectivity index (χ0) is 14.8. The van der Waals surface area contributed by atoms with Crippen molar-refractivity contribution in [3.63, 3.8) is 0 Å². The summed E-state index contributed by atoms with van der Waals surface area (Å²) >= 11 is 5.93. The number of hydrogen-bond donors (Lipinski definition) is 1. The van der Waals surface area contributed by atoms with Crippen LogP contribution < -0.4 is 10.1 Å². The van der Waals surface area contributed by atoms with Gasteiger partial charge in [-0.25, -0.2) is 0 Å². The normalized spacial score (nSPS) is 11.7. The van der Waals surface area contributed by atoms with Crippen molar-refractivity contribution in [2.24, 2.45) is 0 Å². The maximum Gasteiger partial charge on any atom is 0.240 e. The van der Waals surface area contributed by atoms with E-state index in [4.69, 9.17) is 20.9 Å². The molecule has 0 bridgehead atoms. The molecule has 2 rings (SSSR count). The van der Waals surface area contributed by atoms with Crippen LogP contribution in [0, 0.1) is 0 Å². The van der Waals surface area contributed by atoms with E-state index in [1.165, 1.54) is 0 Å². The van der Waals surface area contributed by atoms with Crippen molar-refractivity contribution in [2.45, 2.75) is 32.9 Å². The van der Waals surface area contributed by atoms with Gasteiger partial charge in [0.05, 0.1) is 19.2 Å². The molecule has 1 N–H and O–H groups in total. The highest BCUT2D eigenvalue weighted by molar-refractivity contribution is 6.30. The van der Waals surface area contributed by atoms with E-state index in [1.807, 2.05) is 6.07 Å². The Morgan fingerprint density at radius 3 is 2.75 bits per heavy atom. The molecule has 0 aliphatic heterocycles. The van der Waals surface area contributed by atoms with E-state index in [9.17, 15) is 0 Å². The number of benzene rings is 1. The van der Waals surface area contributed by atoms with Crippen LogP contribution in [0.5, 0.6) is 5.75 Å². The molecular formula is C14H18ClN3O2. The van der Waals surface area contributed by atoms with Crippen LogP contribution in [-0.4, -0.2) is 22.8 Å². The van der Waals surface area contributed by atoms with Crippen LogP contribution in [-0.2, 0) is 6.54 Å². The molecule has 0 saturated heterocycles. The van der Waals surface area contributed by atoms with Crippen molar-refractivity contribution in [3.8, 4) is 17.1 Å². The van der Waals surface area contributed by atoms with Crippen LogP contribution in [0.1, 0.15) is 26.7 Å². The van der Waals surface area contributed by atoms with Gasteiger partial charge in [-0.2, -0.15) is 4.98 Å². The molecule has 0 saturated carbocycles. The van der Waals surface area contributed by atoms with Gasteiger partial charge in [0, 0.05) is 10.6 Å². The van der Waals surface area contributed by atoms with Crippen molar-refractivity contribution in [2.75, 3.05) is 7.11 Å². The zero-order valence-corrected chi connectivity index (χ0v) is 12.8. The van der Waals surface area contributed by atoms with E-state index in [-0.39, 0.29) is 5.54 Å². The van der Waals surface area contributed by atoms with Gasteiger partial charge >= 0.3 is 0 Å². The lowest BCUT2D eigenvalue weighted by Crippen LogP contribution is -2.35. The van der Waals surface area contributed by atoms with Crippen LogP contribution in [0.25, 0.3) is 11.4 Å². The first-order valence-corrected chi connectivity index (χ1v) is 6.68. The summed E-state index contributed by atoms with van der Waals surface area (Å²) in [5.41, 5.74) is 0.745. The second kappa shape index (κ2) is 5.81. The van der Waals surface area contributed by atoms with Gasteiger partial charge in [0.1, 0.15) is 5.75 Å². The maximum absolute atomic E-state index is 5.93. The Morgan fingerprint density at radius 2 is 2.10 bits per heavy atom. The molecular weight excluding hydrogens is 278 g/mol. The minimum absolute atomic E-state index is 0.00735. The third kappa shape index (κ3) is 3.71. The van der Waals surface area contributed by atoms with E-state index in [1.54, 1.807) is 19.2 Å². The summed E-state index contributed by atoms with van der Waals surface area (Å²) in [5.74, 6) is 1.64. The van der Waals surface area contributed by atoms with Gasteiger partial charge in [0.25, 0.3) is 0 Å². The average molecular weight is 296 g/mol. The van der Waals surface area contributed by atoms with E-state index < -0.39 is 0 Å². The van der Waals surface area contributed by atoms with Gasteiger partial charge in [0.15, 0.2) is 0 Å². The van der Waals surface area contributed by atoms with Crippen molar-refractivity contribution in [1.82, 2.24) is 15.5 Å². The third-order valence-corrected chi connectivity index (χ3v) is 2.88. The Kier molecular flexibility index (Phi) is 4.30. The zero-order valence-electron chi connectivity index (χ0n) is 12.0. The highest BCUT2D eigenvalue weighted by Crippen LogP contribution is 2.30. The standard InChI is InChI=1S/C14H18ClN3O2/c1-14(2,3)16-8-12-17-13(18-20-12)10-6-5-9(15)7-11(10)19-4/h5-7,16H,8H2,1-4H3. The number of hydrogen-bond acceptors (Lipinski definition) is 5. The average Bonchev–Trinajstić information content (AvgIpc) is 2.84. The van der Waals surface area contributed by atoms with E-state index in [2.05, 4.69) is 36.2 Å². The summed E-state index contributed by atoms with van der Waals surface area (Å²) < 4.78 is 10.5. The second-order valence-electron chi connectivity index (χ2n) is 5.46. The predicted molar refractivity (Wildman–Crippen MR) is 77.9 cm³/mol. The van der Waals surface area contributed by atoms with E-state index >= 15 is 0 Å². The summed E-state index contributed by atoms with van der Waals surface area (Å²) in [5, 5.41) is 7.87. The third-order valence-electron chi connectivity index (χ3n) is 2.64. The molecule has 6 heteroatoms. The molecule has 108 valence electrons. The van der Waals surface area contributed by atoms with Crippen molar-refractivity contribution >= 4 is 11.6 Å². The van der Waals surface area contributed by atoms with Gasteiger partial charge in [0.2, 0.25) is 11.7 Å². The number of rotatable bonds is 4. The molecule has 0 fully saturated rings. The van der Waals surface area contributed by atoms with Crippen LogP contribution in [0.3, 0.4) is 0 Å². The maximum atomic E-state index is 5.93. The Labute approximate surface area is 123 Å². The molecule has 0 atom stereocenters. The largest absolute Gasteiger partial charge is 0.496 e. The molecule has 20 heavy (non-hydrogen) atoms. The number of nitrogens with one attached hydrogen (secondary N) is 1. The van der Waals surface area contributed by atoms with Gasteiger partial charge < -0.3 is 14.6 Å². The minimum Gasteiger partial charge on any atom is -0.496 e. The van der Waals surface area contributed by atoms with Crippen molar-refractivity contribution in [1.29, 1.82) is 0 Å². The first-order valence-electron chi connectivity index (χ1n) is 6.30. The Bertz CT molecular complexity index is 590. The van der Waals surface area contributed by atoms with Gasteiger partial charge in [-0.3, -0.25) is 0 Å². The lowest BCUT2D eigenvalue weighted by molar-refractivity contribution is 0.336. The smallest absolute Gasteiger partial charge is 0.240 e. The fourth-order valence-electron chi connectivity index (χ4n) is 1.63. The van der Waals surface area contributed by atoms with Crippen molar-refractivity contribution < 1.29 is 9.26 Å². The summed E-state index contributed by atoms with van der Waals surface area (Å²) in [4.78, 5) is 4.36. The molecule has 1 aromatic carbocycles. The summed E-state index contributed by atoms with van der Waals surface area (Å²) in [6, 6.07) is 5.30. The molecule has 1 aromatic heterocycles. The van der Waals surface area contributed by atoms with Crippen molar-refractivity contribution in [3.05, 3.63) is 29.1 Å². The molecule has 0 amide bonds. The summed E-state index contributed by atoms with van der Waals surface area (Å²) in [7, 11) is 1.58. The summed E-state index contributed by atoms with van der Waals surface area (Å²) in [6.07, 6.45) is 0. The molecule has 0 unspecified atom stereocenters. The van der Waals surface area contributed by atoms with Gasteiger partial charge in [-0.1, -0.05) is 16.8 Å². The quantitative estimate of drug-likeness (QED) is 0.938. The molecule has 1 heterocycles. The van der Waals surface area contributed by atoms with Gasteiger partial charge in [-0.15, -0.1) is 0 Å².